The predicted octanol–water partition coefficient (Wildman–Crippen LogP) is 4.73. The molecular formula is C22H19NO3S. The van der Waals surface area contributed by atoms with Crippen molar-refractivity contribution in [2.24, 2.45) is 0 Å². The third-order valence-electron chi connectivity index (χ3n) is 4.77. The summed E-state index contributed by atoms with van der Waals surface area (Å²) in [6.45, 7) is 1.61. The fourth-order valence-electron chi connectivity index (χ4n) is 3.32. The fraction of sp³-hybridized carbons (Fsp3) is 0.227. The summed E-state index contributed by atoms with van der Waals surface area (Å²) in [4.78, 5) is 29.4. The van der Waals surface area contributed by atoms with E-state index in [2.05, 4.69) is 4.98 Å². The van der Waals surface area contributed by atoms with Crippen LogP contribution in [0.3, 0.4) is 0 Å². The molecule has 4 rings (SSSR count). The van der Waals surface area contributed by atoms with Gasteiger partial charge < -0.3 is 4.74 Å². The van der Waals surface area contributed by atoms with Gasteiger partial charge in [-0.1, -0.05) is 42.5 Å². The molecule has 0 spiro atoms. The number of carbonyl (C=O) groups is 2. The summed E-state index contributed by atoms with van der Waals surface area (Å²) in [6, 6.07) is 15.4. The number of thiazole rings is 1. The molecule has 0 N–H and O–H groups in total. The molecular weight excluding hydrogens is 358 g/mol. The molecule has 27 heavy (non-hydrogen) atoms. The molecule has 0 bridgehead atoms. The number of Topliss-reactive ketones (excluding diaryl/α,β-unsaturated/α-hetero) is 1. The largest absolute Gasteiger partial charge is 0.450 e. The minimum Gasteiger partial charge on any atom is -0.450 e. The molecule has 3 aromatic rings. The van der Waals surface area contributed by atoms with Crippen LogP contribution in [0.1, 0.15) is 45.3 Å². The average Bonchev–Trinajstić information content (AvgIpc) is 3.37. The first-order chi connectivity index (χ1) is 13.1. The normalized spacial score (nSPS) is 13.8. The second-order valence-corrected chi connectivity index (χ2v) is 7.51. The number of rotatable bonds is 5. The van der Waals surface area contributed by atoms with Crippen molar-refractivity contribution < 1.29 is 14.3 Å². The molecule has 1 aromatic heterocycles. The zero-order valence-corrected chi connectivity index (χ0v) is 15.8. The number of ether oxygens (including phenoxy) is 1. The summed E-state index contributed by atoms with van der Waals surface area (Å²) in [5.41, 5.74) is 4.31. The molecule has 1 aliphatic rings. The lowest BCUT2D eigenvalue weighted by molar-refractivity contribution is 0.0314. The fourth-order valence-corrected chi connectivity index (χ4v) is 4.11. The lowest BCUT2D eigenvalue weighted by atomic mass is 10.0. The van der Waals surface area contributed by atoms with Gasteiger partial charge in [-0.05, 0) is 43.4 Å². The summed E-state index contributed by atoms with van der Waals surface area (Å²) < 4.78 is 5.38. The van der Waals surface area contributed by atoms with E-state index in [0.29, 0.717) is 5.56 Å². The molecule has 0 saturated carbocycles. The molecule has 0 aliphatic heterocycles. The maximum Gasteiger partial charge on any atom is 0.358 e. The Kier molecular flexibility index (Phi) is 4.86. The number of carbonyl (C=O) groups excluding carboxylic acids is 2. The van der Waals surface area contributed by atoms with Crippen LogP contribution in [0.15, 0.2) is 53.9 Å². The Balaban J connectivity index is 1.45. The van der Waals surface area contributed by atoms with Crippen molar-refractivity contribution >= 4 is 23.1 Å². The smallest absolute Gasteiger partial charge is 0.358 e. The highest BCUT2D eigenvalue weighted by Crippen LogP contribution is 2.25. The Labute approximate surface area is 161 Å². The van der Waals surface area contributed by atoms with Crippen molar-refractivity contribution in [2.45, 2.75) is 32.3 Å². The maximum absolute atomic E-state index is 12.6. The minimum absolute atomic E-state index is 0.184. The topological polar surface area (TPSA) is 56.3 Å². The zero-order chi connectivity index (χ0) is 18.8. The number of fused-ring (bicyclic) bond motifs is 1. The van der Waals surface area contributed by atoms with Crippen LogP contribution in [0.4, 0.5) is 0 Å². The van der Waals surface area contributed by atoms with Crippen molar-refractivity contribution in [1.82, 2.24) is 4.98 Å². The van der Waals surface area contributed by atoms with Crippen molar-refractivity contribution in [3.05, 3.63) is 76.3 Å². The summed E-state index contributed by atoms with van der Waals surface area (Å²) in [7, 11) is 0. The molecule has 0 saturated heterocycles. The van der Waals surface area contributed by atoms with Crippen molar-refractivity contribution in [1.29, 1.82) is 0 Å². The van der Waals surface area contributed by atoms with E-state index in [1.807, 2.05) is 48.5 Å². The molecule has 1 atom stereocenters. The first-order valence-electron chi connectivity index (χ1n) is 9.00. The van der Waals surface area contributed by atoms with Crippen molar-refractivity contribution in [3.63, 3.8) is 0 Å². The lowest BCUT2D eigenvalue weighted by Crippen LogP contribution is -2.24. The Hall–Kier alpha value is -2.79. The molecule has 5 heteroatoms. The highest BCUT2D eigenvalue weighted by Gasteiger charge is 2.23. The molecule has 4 nitrogen and oxygen atoms in total. The van der Waals surface area contributed by atoms with E-state index in [4.69, 9.17) is 4.74 Å². The van der Waals surface area contributed by atoms with Crippen LogP contribution < -0.4 is 0 Å². The number of ketones is 1. The predicted molar refractivity (Wildman–Crippen MR) is 105 cm³/mol. The van der Waals surface area contributed by atoms with Gasteiger partial charge in [0.25, 0.3) is 0 Å². The molecule has 0 fully saturated rings. The molecule has 0 radical (unpaired) electrons. The maximum atomic E-state index is 12.6. The second-order valence-electron chi connectivity index (χ2n) is 6.65. The third-order valence-corrected chi connectivity index (χ3v) is 5.66. The van der Waals surface area contributed by atoms with E-state index in [0.717, 1.165) is 29.8 Å². The lowest BCUT2D eigenvalue weighted by Gasteiger charge is -2.12. The number of benzene rings is 2. The number of hydrogen-bond acceptors (Lipinski definition) is 5. The first kappa shape index (κ1) is 17.6. The van der Waals surface area contributed by atoms with Gasteiger partial charge in [-0.15, -0.1) is 11.3 Å². The van der Waals surface area contributed by atoms with Crippen LogP contribution in [0.5, 0.6) is 0 Å². The molecule has 1 heterocycles. The van der Waals surface area contributed by atoms with Crippen LogP contribution in [0.25, 0.3) is 10.6 Å². The van der Waals surface area contributed by atoms with Crippen LogP contribution >= 0.6 is 11.3 Å². The molecule has 136 valence electrons. The molecule has 2 aromatic carbocycles. The number of aromatic nitrogens is 1. The van der Waals surface area contributed by atoms with Crippen LogP contribution in [0, 0.1) is 0 Å². The van der Waals surface area contributed by atoms with E-state index in [-0.39, 0.29) is 11.5 Å². The van der Waals surface area contributed by atoms with Gasteiger partial charge in [-0.2, -0.15) is 0 Å². The van der Waals surface area contributed by atoms with E-state index < -0.39 is 12.1 Å². The number of nitrogens with zero attached hydrogens (tertiary/aromatic N) is 1. The van der Waals surface area contributed by atoms with E-state index in [9.17, 15) is 9.59 Å². The Bertz CT molecular complexity index is 994. The van der Waals surface area contributed by atoms with Gasteiger partial charge in [0.15, 0.2) is 11.8 Å². The quantitative estimate of drug-likeness (QED) is 0.477. The van der Waals surface area contributed by atoms with Gasteiger partial charge in [0.05, 0.1) is 0 Å². The van der Waals surface area contributed by atoms with Gasteiger partial charge >= 0.3 is 5.97 Å². The minimum atomic E-state index is -0.848. The number of esters is 1. The number of hydrogen-bond donors (Lipinski definition) is 0. The SMILES string of the molecule is C[C@H](OC(=O)c1csc(-c2ccccc2)n1)C(=O)c1ccc2c(c1)CCC2. The molecule has 1 aliphatic carbocycles. The van der Waals surface area contributed by atoms with Gasteiger partial charge in [-0.25, -0.2) is 9.78 Å². The van der Waals surface area contributed by atoms with E-state index in [1.54, 1.807) is 12.3 Å². The van der Waals surface area contributed by atoms with Gasteiger partial charge in [0.1, 0.15) is 5.01 Å². The summed E-state index contributed by atoms with van der Waals surface area (Å²) in [5, 5.41) is 2.41. The zero-order valence-electron chi connectivity index (χ0n) is 15.0. The highest BCUT2D eigenvalue weighted by molar-refractivity contribution is 7.13. The van der Waals surface area contributed by atoms with Crippen molar-refractivity contribution in [3.8, 4) is 10.6 Å². The van der Waals surface area contributed by atoms with E-state index in [1.165, 1.54) is 22.5 Å². The Morgan fingerprint density at radius 2 is 1.85 bits per heavy atom. The van der Waals surface area contributed by atoms with Crippen LogP contribution in [0.2, 0.25) is 0 Å². The number of aryl methyl sites for hydroxylation is 2. The second kappa shape index (κ2) is 7.45. The Morgan fingerprint density at radius 1 is 1.07 bits per heavy atom. The molecule has 0 amide bonds. The summed E-state index contributed by atoms with van der Waals surface area (Å²) in [5.74, 6) is -0.757. The van der Waals surface area contributed by atoms with Crippen LogP contribution in [-0.2, 0) is 17.6 Å². The van der Waals surface area contributed by atoms with Gasteiger partial charge in [0.2, 0.25) is 5.78 Å². The third kappa shape index (κ3) is 3.69. The Morgan fingerprint density at radius 3 is 2.67 bits per heavy atom. The monoisotopic (exact) mass is 377 g/mol. The highest BCUT2D eigenvalue weighted by atomic mass is 32.1. The standard InChI is InChI=1S/C22H19NO3S/c1-14(20(24)18-11-10-15-8-5-9-17(15)12-18)26-22(25)19-13-27-21(23-19)16-6-3-2-4-7-16/h2-4,6-7,10-14H,5,8-9H2,1H3/t14-/m0/s1. The van der Waals surface area contributed by atoms with Crippen molar-refractivity contribution in [2.75, 3.05) is 0 Å². The average molecular weight is 377 g/mol. The first-order valence-corrected chi connectivity index (χ1v) is 9.88. The van der Waals surface area contributed by atoms with E-state index >= 15 is 0 Å². The van der Waals surface area contributed by atoms with Gasteiger partial charge in [0, 0.05) is 16.5 Å². The molecule has 0 unspecified atom stereocenters. The summed E-state index contributed by atoms with van der Waals surface area (Å²) >= 11 is 1.38. The summed E-state index contributed by atoms with van der Waals surface area (Å²) in [6.07, 6.45) is 2.36. The van der Waals surface area contributed by atoms with Crippen LogP contribution in [-0.4, -0.2) is 22.8 Å². The van der Waals surface area contributed by atoms with Gasteiger partial charge in [-0.3, -0.25) is 4.79 Å².